The van der Waals surface area contributed by atoms with Gasteiger partial charge in [0, 0.05) is 17.6 Å². The van der Waals surface area contributed by atoms with Gasteiger partial charge in [-0.05, 0) is 68.7 Å². The Morgan fingerprint density at radius 2 is 1.83 bits per heavy atom. The first-order chi connectivity index (χ1) is 16.4. The number of methoxy groups -OCH3 is 1. The molecular weight excluding hydrogens is 490 g/mol. The highest BCUT2D eigenvalue weighted by Gasteiger charge is 2.32. The molecule has 2 amide bonds. The van der Waals surface area contributed by atoms with Crippen LogP contribution in [0.5, 0.6) is 5.75 Å². The second-order valence-corrected chi connectivity index (χ2v) is 11.0. The summed E-state index contributed by atoms with van der Waals surface area (Å²) in [4.78, 5) is 28.1. The van der Waals surface area contributed by atoms with E-state index in [-0.39, 0.29) is 18.5 Å². The molecule has 192 valence electrons. The van der Waals surface area contributed by atoms with Crippen LogP contribution >= 0.6 is 11.6 Å². The number of hydrogen-bond donors (Lipinski definition) is 1. The Morgan fingerprint density at radius 3 is 2.37 bits per heavy atom. The summed E-state index contributed by atoms with van der Waals surface area (Å²) in [7, 11) is -2.27. The number of benzene rings is 2. The normalized spacial score (nSPS) is 12.2. The van der Waals surface area contributed by atoms with Crippen molar-refractivity contribution in [2.24, 2.45) is 0 Å². The van der Waals surface area contributed by atoms with Gasteiger partial charge in [-0.3, -0.25) is 13.9 Å². The zero-order chi connectivity index (χ0) is 26.3. The van der Waals surface area contributed by atoms with Gasteiger partial charge in [-0.2, -0.15) is 0 Å². The quantitative estimate of drug-likeness (QED) is 0.484. The molecule has 1 atom stereocenters. The molecule has 1 N–H and O–H groups in total. The Balaban J connectivity index is 2.49. The van der Waals surface area contributed by atoms with Gasteiger partial charge in [0.05, 0.1) is 19.1 Å². The number of halogens is 1. The van der Waals surface area contributed by atoms with Gasteiger partial charge < -0.3 is 15.0 Å². The maximum atomic E-state index is 13.7. The van der Waals surface area contributed by atoms with Crippen molar-refractivity contribution in [1.82, 2.24) is 10.2 Å². The molecule has 8 nitrogen and oxygen atoms in total. The molecule has 0 fully saturated rings. The van der Waals surface area contributed by atoms with Crippen molar-refractivity contribution in [3.63, 3.8) is 0 Å². The average molecular weight is 524 g/mol. The Labute approximate surface area is 213 Å². The van der Waals surface area contributed by atoms with E-state index in [4.69, 9.17) is 16.3 Å². The van der Waals surface area contributed by atoms with Gasteiger partial charge in [0.2, 0.25) is 21.8 Å². The molecule has 0 aromatic heterocycles. The van der Waals surface area contributed by atoms with Gasteiger partial charge in [0.1, 0.15) is 18.3 Å². The molecule has 10 heteroatoms. The first-order valence-corrected chi connectivity index (χ1v) is 13.6. The number of aryl methyl sites for hydroxylation is 1. The van der Waals surface area contributed by atoms with E-state index in [2.05, 4.69) is 5.32 Å². The molecule has 0 bridgehead atoms. The lowest BCUT2D eigenvalue weighted by atomic mass is 10.1. The summed E-state index contributed by atoms with van der Waals surface area (Å²) in [6, 6.07) is 11.1. The van der Waals surface area contributed by atoms with E-state index < -0.39 is 28.5 Å². The van der Waals surface area contributed by atoms with Gasteiger partial charge in [-0.1, -0.05) is 30.7 Å². The fraction of sp³-hybridized carbons (Fsp3) is 0.440. The molecule has 0 saturated heterocycles. The van der Waals surface area contributed by atoms with E-state index in [1.54, 1.807) is 50.4 Å². The molecule has 0 heterocycles. The van der Waals surface area contributed by atoms with Crippen LogP contribution in [0.1, 0.15) is 38.3 Å². The summed E-state index contributed by atoms with van der Waals surface area (Å²) in [5, 5.41) is 3.32. The maximum Gasteiger partial charge on any atom is 0.244 e. The molecular formula is C25H34ClN3O5S. The van der Waals surface area contributed by atoms with Crippen molar-refractivity contribution >= 4 is 39.1 Å². The number of anilines is 1. The third-order valence-electron chi connectivity index (χ3n) is 5.41. The number of carbonyl (C=O) groups excluding carboxylic acids is 2. The first kappa shape index (κ1) is 28.5. The van der Waals surface area contributed by atoms with Crippen LogP contribution < -0.4 is 14.4 Å². The summed E-state index contributed by atoms with van der Waals surface area (Å²) >= 11 is 6.05. The van der Waals surface area contributed by atoms with E-state index in [0.29, 0.717) is 28.4 Å². The van der Waals surface area contributed by atoms with Crippen LogP contribution in [-0.4, -0.2) is 57.1 Å². The SMILES string of the molecule is CC[C@H](C(=O)NC(C)C)N(Cc1cccc(OC)c1)C(=O)CN(c1ccc(Cl)cc1C)S(C)(=O)=O. The molecule has 2 aromatic carbocycles. The van der Waals surface area contributed by atoms with Crippen molar-refractivity contribution < 1.29 is 22.7 Å². The Morgan fingerprint density at radius 1 is 1.14 bits per heavy atom. The fourth-order valence-electron chi connectivity index (χ4n) is 3.76. The summed E-state index contributed by atoms with van der Waals surface area (Å²) < 4.78 is 31.8. The summed E-state index contributed by atoms with van der Waals surface area (Å²) in [5.74, 6) is -0.185. The minimum Gasteiger partial charge on any atom is -0.497 e. The molecule has 35 heavy (non-hydrogen) atoms. The summed E-state index contributed by atoms with van der Waals surface area (Å²) in [5.41, 5.74) is 1.72. The molecule has 0 aliphatic heterocycles. The number of ether oxygens (including phenoxy) is 1. The highest BCUT2D eigenvalue weighted by Crippen LogP contribution is 2.26. The highest BCUT2D eigenvalue weighted by molar-refractivity contribution is 7.92. The first-order valence-electron chi connectivity index (χ1n) is 11.3. The predicted molar refractivity (Wildman–Crippen MR) is 139 cm³/mol. The van der Waals surface area contributed by atoms with Crippen LogP contribution in [0.25, 0.3) is 0 Å². The largest absolute Gasteiger partial charge is 0.497 e. The van der Waals surface area contributed by atoms with Crippen LogP contribution in [0.4, 0.5) is 5.69 Å². The van der Waals surface area contributed by atoms with Gasteiger partial charge in [-0.25, -0.2) is 8.42 Å². The average Bonchev–Trinajstić information content (AvgIpc) is 2.76. The maximum absolute atomic E-state index is 13.7. The lowest BCUT2D eigenvalue weighted by Crippen LogP contribution is -2.53. The number of sulfonamides is 1. The molecule has 0 spiro atoms. The van der Waals surface area contributed by atoms with E-state index in [1.165, 1.54) is 4.90 Å². The van der Waals surface area contributed by atoms with Crippen molar-refractivity contribution in [2.45, 2.75) is 52.7 Å². The van der Waals surface area contributed by atoms with Crippen LogP contribution in [0.2, 0.25) is 5.02 Å². The second-order valence-electron chi connectivity index (χ2n) is 8.66. The topological polar surface area (TPSA) is 96.0 Å². The van der Waals surface area contributed by atoms with Crippen LogP contribution in [0.15, 0.2) is 42.5 Å². The third kappa shape index (κ3) is 7.86. The van der Waals surface area contributed by atoms with Gasteiger partial charge in [-0.15, -0.1) is 0 Å². The van der Waals surface area contributed by atoms with Crippen LogP contribution in [0, 0.1) is 6.92 Å². The van der Waals surface area contributed by atoms with E-state index in [0.717, 1.165) is 16.1 Å². The van der Waals surface area contributed by atoms with Crippen LogP contribution in [0.3, 0.4) is 0 Å². The Hall–Kier alpha value is -2.78. The lowest BCUT2D eigenvalue weighted by molar-refractivity contribution is -0.140. The zero-order valence-corrected chi connectivity index (χ0v) is 22.6. The molecule has 0 aliphatic rings. The zero-order valence-electron chi connectivity index (χ0n) is 21.0. The van der Waals surface area contributed by atoms with E-state index in [9.17, 15) is 18.0 Å². The van der Waals surface area contributed by atoms with Crippen molar-refractivity contribution in [1.29, 1.82) is 0 Å². The number of nitrogens with one attached hydrogen (secondary N) is 1. The molecule has 2 aromatic rings. The number of nitrogens with zero attached hydrogens (tertiary/aromatic N) is 2. The number of amides is 2. The standard InChI is InChI=1S/C25H34ClN3O5S/c1-7-22(25(31)27-17(2)3)28(15-19-9-8-10-21(14-19)34-5)24(30)16-29(35(6,32)33)23-12-11-20(26)13-18(23)4/h8-14,17,22H,7,15-16H2,1-6H3,(H,27,31)/t22-/m1/s1. The highest BCUT2D eigenvalue weighted by atomic mass is 35.5. The molecule has 0 saturated carbocycles. The Kier molecular flexibility index (Phi) is 9.97. The van der Waals surface area contributed by atoms with E-state index in [1.807, 2.05) is 26.8 Å². The van der Waals surface area contributed by atoms with Crippen LogP contribution in [-0.2, 0) is 26.2 Å². The van der Waals surface area contributed by atoms with Gasteiger partial charge in [0.15, 0.2) is 0 Å². The van der Waals surface area contributed by atoms with Crippen molar-refractivity contribution in [3.05, 3.63) is 58.6 Å². The summed E-state index contributed by atoms with van der Waals surface area (Å²) in [6.07, 6.45) is 1.40. The van der Waals surface area contributed by atoms with Gasteiger partial charge in [0.25, 0.3) is 0 Å². The fourth-order valence-corrected chi connectivity index (χ4v) is 4.89. The number of hydrogen-bond acceptors (Lipinski definition) is 5. The second kappa shape index (κ2) is 12.3. The smallest absolute Gasteiger partial charge is 0.244 e. The molecule has 0 aliphatic carbocycles. The lowest BCUT2D eigenvalue weighted by Gasteiger charge is -2.33. The monoisotopic (exact) mass is 523 g/mol. The minimum absolute atomic E-state index is 0.108. The van der Waals surface area contributed by atoms with E-state index >= 15 is 0 Å². The molecule has 0 radical (unpaired) electrons. The number of carbonyl (C=O) groups is 2. The van der Waals surface area contributed by atoms with Gasteiger partial charge >= 0.3 is 0 Å². The minimum atomic E-state index is -3.81. The molecule has 0 unspecified atom stereocenters. The van der Waals surface area contributed by atoms with Crippen molar-refractivity contribution in [3.8, 4) is 5.75 Å². The number of rotatable bonds is 11. The van der Waals surface area contributed by atoms with Crippen molar-refractivity contribution in [2.75, 3.05) is 24.2 Å². The summed E-state index contributed by atoms with van der Waals surface area (Å²) in [6.45, 7) is 6.87. The third-order valence-corrected chi connectivity index (χ3v) is 6.77. The Bertz CT molecular complexity index is 1150. The predicted octanol–water partition coefficient (Wildman–Crippen LogP) is 3.76. The molecule has 2 rings (SSSR count).